The van der Waals surface area contributed by atoms with E-state index in [0.717, 1.165) is 51.1 Å². The number of ether oxygens (including phenoxy) is 2. The van der Waals surface area contributed by atoms with Gasteiger partial charge in [-0.3, -0.25) is 4.90 Å². The van der Waals surface area contributed by atoms with Crippen LogP contribution in [0, 0.1) is 11.8 Å². The highest BCUT2D eigenvalue weighted by Gasteiger charge is 2.29. The molecule has 4 nitrogen and oxygen atoms in total. The van der Waals surface area contributed by atoms with E-state index in [4.69, 9.17) is 15.2 Å². The topological polar surface area (TPSA) is 47.7 Å². The van der Waals surface area contributed by atoms with Crippen LogP contribution >= 0.6 is 0 Å². The molecule has 0 saturated heterocycles. The zero-order chi connectivity index (χ0) is 14.8. The highest BCUT2D eigenvalue weighted by molar-refractivity contribution is 4.84. The SMILES string of the molecule is COCCCN(CCOC)C(CN)C1CCCC(C)C1. The maximum Gasteiger partial charge on any atom is 0.0589 e. The summed E-state index contributed by atoms with van der Waals surface area (Å²) in [6.45, 7) is 6.78. The van der Waals surface area contributed by atoms with Gasteiger partial charge in [-0.05, 0) is 31.1 Å². The Morgan fingerprint density at radius 3 is 2.50 bits per heavy atom. The molecule has 3 atom stereocenters. The summed E-state index contributed by atoms with van der Waals surface area (Å²) in [5, 5.41) is 0. The Kier molecular flexibility index (Phi) is 9.44. The molecule has 1 aliphatic rings. The molecular weight excluding hydrogens is 252 g/mol. The van der Waals surface area contributed by atoms with Crippen LogP contribution in [0.15, 0.2) is 0 Å². The van der Waals surface area contributed by atoms with Crippen LogP contribution in [0.5, 0.6) is 0 Å². The summed E-state index contributed by atoms with van der Waals surface area (Å²) in [4.78, 5) is 2.53. The summed E-state index contributed by atoms with van der Waals surface area (Å²) in [5.41, 5.74) is 6.11. The van der Waals surface area contributed by atoms with Crippen molar-refractivity contribution in [2.75, 3.05) is 47.1 Å². The van der Waals surface area contributed by atoms with Gasteiger partial charge in [-0.25, -0.2) is 0 Å². The smallest absolute Gasteiger partial charge is 0.0589 e. The van der Waals surface area contributed by atoms with Crippen molar-refractivity contribution in [3.05, 3.63) is 0 Å². The first kappa shape index (κ1) is 17.9. The van der Waals surface area contributed by atoms with Gasteiger partial charge >= 0.3 is 0 Å². The first-order valence-corrected chi connectivity index (χ1v) is 8.14. The van der Waals surface area contributed by atoms with Crippen LogP contribution in [0.2, 0.25) is 0 Å². The summed E-state index contributed by atoms with van der Waals surface area (Å²) in [7, 11) is 3.54. The van der Waals surface area contributed by atoms with Crippen molar-refractivity contribution in [1.82, 2.24) is 4.90 Å². The maximum atomic E-state index is 6.11. The average molecular weight is 286 g/mol. The average Bonchev–Trinajstić information content (AvgIpc) is 2.45. The zero-order valence-corrected chi connectivity index (χ0v) is 13.6. The molecule has 1 rings (SSSR count). The predicted molar refractivity (Wildman–Crippen MR) is 83.9 cm³/mol. The number of hydrogen-bond acceptors (Lipinski definition) is 4. The van der Waals surface area contributed by atoms with Gasteiger partial charge < -0.3 is 15.2 Å². The summed E-state index contributed by atoms with van der Waals surface area (Å²) in [6.07, 6.45) is 6.47. The third kappa shape index (κ3) is 6.08. The van der Waals surface area contributed by atoms with Crippen molar-refractivity contribution in [3.8, 4) is 0 Å². The van der Waals surface area contributed by atoms with Gasteiger partial charge in [-0.1, -0.05) is 19.8 Å². The number of rotatable bonds is 10. The lowest BCUT2D eigenvalue weighted by molar-refractivity contribution is 0.0680. The largest absolute Gasteiger partial charge is 0.385 e. The van der Waals surface area contributed by atoms with E-state index in [1.54, 1.807) is 14.2 Å². The second-order valence-corrected chi connectivity index (χ2v) is 6.21. The standard InChI is InChI=1S/C16H34N2O2/c1-14-6-4-7-15(12-14)16(13-17)18(9-11-20-3)8-5-10-19-2/h14-16H,4-13,17H2,1-3H3. The van der Waals surface area contributed by atoms with Crippen LogP contribution in [-0.2, 0) is 9.47 Å². The van der Waals surface area contributed by atoms with E-state index in [1.165, 1.54) is 25.7 Å². The fraction of sp³-hybridized carbons (Fsp3) is 1.00. The third-order valence-electron chi connectivity index (χ3n) is 4.61. The normalized spacial score (nSPS) is 25.1. The molecule has 0 aromatic heterocycles. The van der Waals surface area contributed by atoms with Gasteiger partial charge in [0.05, 0.1) is 6.61 Å². The summed E-state index contributed by atoms with van der Waals surface area (Å²) < 4.78 is 10.5. The molecule has 0 heterocycles. The first-order chi connectivity index (χ1) is 9.72. The van der Waals surface area contributed by atoms with Gasteiger partial charge in [0.15, 0.2) is 0 Å². The zero-order valence-electron chi connectivity index (χ0n) is 13.6. The molecule has 2 N–H and O–H groups in total. The van der Waals surface area contributed by atoms with Crippen molar-refractivity contribution < 1.29 is 9.47 Å². The van der Waals surface area contributed by atoms with Crippen molar-refractivity contribution in [1.29, 1.82) is 0 Å². The van der Waals surface area contributed by atoms with Crippen LogP contribution in [0.1, 0.15) is 39.0 Å². The van der Waals surface area contributed by atoms with E-state index in [2.05, 4.69) is 11.8 Å². The molecule has 0 amide bonds. The van der Waals surface area contributed by atoms with Gasteiger partial charge in [-0.2, -0.15) is 0 Å². The third-order valence-corrected chi connectivity index (χ3v) is 4.61. The van der Waals surface area contributed by atoms with Gasteiger partial charge in [0.25, 0.3) is 0 Å². The van der Waals surface area contributed by atoms with Crippen molar-refractivity contribution in [3.63, 3.8) is 0 Å². The Morgan fingerprint density at radius 1 is 1.15 bits per heavy atom. The van der Waals surface area contributed by atoms with E-state index in [-0.39, 0.29) is 0 Å². The molecule has 0 radical (unpaired) electrons. The lowest BCUT2D eigenvalue weighted by Gasteiger charge is -2.39. The highest BCUT2D eigenvalue weighted by atomic mass is 16.5. The predicted octanol–water partition coefficient (Wildman–Crippen LogP) is 2.12. The monoisotopic (exact) mass is 286 g/mol. The Bertz CT molecular complexity index is 239. The molecule has 20 heavy (non-hydrogen) atoms. The molecule has 0 aromatic rings. The lowest BCUT2D eigenvalue weighted by atomic mass is 9.78. The number of hydrogen-bond donors (Lipinski definition) is 1. The highest BCUT2D eigenvalue weighted by Crippen LogP contribution is 2.32. The van der Waals surface area contributed by atoms with Crippen molar-refractivity contribution in [2.24, 2.45) is 17.6 Å². The Hall–Kier alpha value is -0.160. The quantitative estimate of drug-likeness (QED) is 0.625. The van der Waals surface area contributed by atoms with Gasteiger partial charge in [0.1, 0.15) is 0 Å². The maximum absolute atomic E-state index is 6.11. The minimum atomic E-state index is 0.504. The van der Waals surface area contributed by atoms with Crippen molar-refractivity contribution in [2.45, 2.75) is 45.1 Å². The molecule has 120 valence electrons. The molecule has 0 aromatic carbocycles. The molecular formula is C16H34N2O2. The summed E-state index contributed by atoms with van der Waals surface area (Å²) in [5.74, 6) is 1.61. The van der Waals surface area contributed by atoms with E-state index in [9.17, 15) is 0 Å². The summed E-state index contributed by atoms with van der Waals surface area (Å²) >= 11 is 0. The van der Waals surface area contributed by atoms with Gasteiger partial charge in [-0.15, -0.1) is 0 Å². The minimum Gasteiger partial charge on any atom is -0.385 e. The number of nitrogens with two attached hydrogens (primary N) is 1. The van der Waals surface area contributed by atoms with E-state index < -0.39 is 0 Å². The fourth-order valence-electron chi connectivity index (χ4n) is 3.53. The molecule has 0 aliphatic heterocycles. The molecule has 1 fully saturated rings. The van der Waals surface area contributed by atoms with Gasteiger partial charge in [0.2, 0.25) is 0 Å². The number of nitrogens with zero attached hydrogens (tertiary/aromatic N) is 1. The van der Waals surface area contributed by atoms with Crippen LogP contribution in [0.25, 0.3) is 0 Å². The van der Waals surface area contributed by atoms with E-state index >= 15 is 0 Å². The molecule has 1 aliphatic carbocycles. The van der Waals surface area contributed by atoms with Crippen LogP contribution in [0.4, 0.5) is 0 Å². The number of methoxy groups -OCH3 is 2. The Morgan fingerprint density at radius 2 is 1.90 bits per heavy atom. The second kappa shape index (κ2) is 10.6. The van der Waals surface area contributed by atoms with Crippen LogP contribution < -0.4 is 5.73 Å². The van der Waals surface area contributed by atoms with E-state index in [0.29, 0.717) is 6.04 Å². The Balaban J connectivity index is 2.57. The van der Waals surface area contributed by atoms with Crippen molar-refractivity contribution >= 4 is 0 Å². The summed E-state index contributed by atoms with van der Waals surface area (Å²) in [6, 6.07) is 0.504. The minimum absolute atomic E-state index is 0.504. The molecule has 0 bridgehead atoms. The molecule has 3 unspecified atom stereocenters. The molecule has 0 spiro atoms. The molecule has 1 saturated carbocycles. The fourth-order valence-corrected chi connectivity index (χ4v) is 3.53. The van der Waals surface area contributed by atoms with E-state index in [1.807, 2.05) is 0 Å². The lowest BCUT2D eigenvalue weighted by Crippen LogP contribution is -2.48. The first-order valence-electron chi connectivity index (χ1n) is 8.14. The Labute approximate surface area is 125 Å². The van der Waals surface area contributed by atoms with Gasteiger partial charge in [0, 0.05) is 46.5 Å². The van der Waals surface area contributed by atoms with Crippen LogP contribution in [0.3, 0.4) is 0 Å². The second-order valence-electron chi connectivity index (χ2n) is 6.21. The molecule has 4 heteroatoms. The van der Waals surface area contributed by atoms with Crippen LogP contribution in [-0.4, -0.2) is 58.0 Å².